The third kappa shape index (κ3) is 53.5. The van der Waals surface area contributed by atoms with Crippen LogP contribution in [-0.2, 0) is 18.2 Å². The third-order valence-corrected chi connectivity index (χ3v) is 8.62. The highest BCUT2D eigenvalue weighted by atomic mass is 32.1. The standard InChI is InChI=1S/C6H15N.C6H15O3P.C5H13N.C4H11N.C4H11O3P.C4H10S/c1-6(2,3)7(4)5;1-6(2,3)10(7,8-4)9-5;1-5(2,3)6-4;1-4(2,3)5;1-4(2,3)8(5,6)7;1-4(2,3)5/h1-5H3;1-5H3;6H,1-4H3;5H2,1-3H3;1-3H3,(H2,5,6,7);5H,1-3H3. The van der Waals surface area contributed by atoms with E-state index in [4.69, 9.17) is 24.6 Å². The summed E-state index contributed by atoms with van der Waals surface area (Å²) in [7, 11) is 2.21. The van der Waals surface area contributed by atoms with Crippen molar-refractivity contribution in [2.75, 3.05) is 35.4 Å². The van der Waals surface area contributed by atoms with Gasteiger partial charge in [-0.25, -0.2) is 0 Å². The van der Waals surface area contributed by atoms with Gasteiger partial charge in [-0.2, -0.15) is 12.6 Å². The lowest BCUT2D eigenvalue weighted by atomic mass is 10.1. The summed E-state index contributed by atoms with van der Waals surface area (Å²) < 4.78 is 31.6. The Bertz CT molecular complexity index is 686. The number of nitrogens with two attached hydrogens (primary N) is 1. The fraction of sp³-hybridized carbons (Fsp3) is 1.00. The minimum Gasteiger partial charge on any atom is -0.326 e. The van der Waals surface area contributed by atoms with E-state index in [9.17, 15) is 9.13 Å². The highest BCUT2D eigenvalue weighted by Crippen LogP contribution is 2.58. The molecule has 0 fully saturated rings. The van der Waals surface area contributed by atoms with Gasteiger partial charge in [0.25, 0.3) is 0 Å². The van der Waals surface area contributed by atoms with Crippen LogP contribution in [-0.4, -0.2) is 81.7 Å². The predicted molar refractivity (Wildman–Crippen MR) is 188 cm³/mol. The molecule has 0 atom stereocenters. The summed E-state index contributed by atoms with van der Waals surface area (Å²) in [6.07, 6.45) is 0. The molecule has 0 heterocycles. The Morgan fingerprint density at radius 3 is 0.829 bits per heavy atom. The van der Waals surface area contributed by atoms with Crippen molar-refractivity contribution < 1.29 is 28.0 Å². The van der Waals surface area contributed by atoms with Crippen LogP contribution in [0.3, 0.4) is 0 Å². The first-order valence-corrected chi connectivity index (χ1v) is 17.4. The van der Waals surface area contributed by atoms with Crippen molar-refractivity contribution in [2.24, 2.45) is 5.73 Å². The van der Waals surface area contributed by atoms with Crippen LogP contribution in [0.2, 0.25) is 0 Å². The zero-order valence-electron chi connectivity index (χ0n) is 31.4. The molecule has 0 aliphatic carbocycles. The molecule has 0 unspecified atom stereocenters. The molecule has 0 radical (unpaired) electrons. The summed E-state index contributed by atoms with van der Waals surface area (Å²) in [5.41, 5.74) is 5.98. The number of hydrogen-bond acceptors (Lipinski definition) is 8. The Morgan fingerprint density at radius 2 is 0.829 bits per heavy atom. The lowest BCUT2D eigenvalue weighted by Gasteiger charge is -2.27. The Labute approximate surface area is 263 Å². The fourth-order valence-electron chi connectivity index (χ4n) is 0.622. The minimum absolute atomic E-state index is 0. The van der Waals surface area contributed by atoms with Crippen LogP contribution < -0.4 is 11.1 Å². The minimum atomic E-state index is -3.85. The van der Waals surface area contributed by atoms with E-state index in [0.29, 0.717) is 11.1 Å². The molecule has 0 aliphatic rings. The summed E-state index contributed by atoms with van der Waals surface area (Å²) in [6, 6.07) is 0. The zero-order chi connectivity index (χ0) is 35.7. The van der Waals surface area contributed by atoms with Crippen molar-refractivity contribution in [1.29, 1.82) is 0 Å². The summed E-state index contributed by atoms with van der Waals surface area (Å²) in [4.78, 5) is 19.1. The van der Waals surface area contributed by atoms with Crippen LogP contribution in [0.25, 0.3) is 0 Å². The van der Waals surface area contributed by atoms with Crippen LogP contribution in [0.4, 0.5) is 0 Å². The summed E-state index contributed by atoms with van der Waals surface area (Å²) >= 11 is 4.12. The fourth-order valence-corrected chi connectivity index (χ4v) is 1.87. The topological polar surface area (TPSA) is 134 Å². The van der Waals surface area contributed by atoms with E-state index in [2.05, 4.69) is 99.3 Å². The van der Waals surface area contributed by atoms with Gasteiger partial charge in [0.2, 0.25) is 0 Å². The predicted octanol–water partition coefficient (Wildman–Crippen LogP) is 8.04. The molecule has 0 aliphatic heterocycles. The first-order valence-electron chi connectivity index (χ1n) is 13.8. The van der Waals surface area contributed by atoms with E-state index >= 15 is 0 Å². The lowest BCUT2D eigenvalue weighted by Crippen LogP contribution is -2.34. The number of rotatable bonds is 2. The number of nitrogens with one attached hydrogen (secondary N) is 1. The molecule has 5 N–H and O–H groups in total. The molecule has 41 heavy (non-hydrogen) atoms. The molecule has 0 rings (SSSR count). The Kier molecular flexibility index (Phi) is 28.1. The maximum absolute atomic E-state index is 11.5. The van der Waals surface area contributed by atoms with Gasteiger partial charge < -0.3 is 34.8 Å². The molecule has 258 valence electrons. The first-order chi connectivity index (χ1) is 17.1. The van der Waals surface area contributed by atoms with Gasteiger partial charge in [0.1, 0.15) is 0 Å². The van der Waals surface area contributed by atoms with Crippen molar-refractivity contribution in [1.82, 2.24) is 10.2 Å². The Hall–Kier alpha value is 0.530. The van der Waals surface area contributed by atoms with Crippen LogP contribution in [0.15, 0.2) is 0 Å². The zero-order valence-corrected chi connectivity index (χ0v) is 34.1. The Balaban J connectivity index is -0.0000000913. The molecular formula is C29H75N3O6P2S. The van der Waals surface area contributed by atoms with Gasteiger partial charge in [-0.15, -0.1) is 0 Å². The molecule has 9 nitrogen and oxygen atoms in total. The van der Waals surface area contributed by atoms with Crippen LogP contribution in [0, 0.1) is 0 Å². The molecule has 0 spiro atoms. The normalized spacial score (nSPS) is 13.0. The van der Waals surface area contributed by atoms with Gasteiger partial charge in [-0.1, -0.05) is 20.8 Å². The average Bonchev–Trinajstić information content (AvgIpc) is 2.62. The molecule has 0 aromatic carbocycles. The average molecular weight is 656 g/mol. The molecule has 0 saturated heterocycles. The van der Waals surface area contributed by atoms with Crippen molar-refractivity contribution in [2.45, 2.75) is 156 Å². The maximum atomic E-state index is 11.5. The van der Waals surface area contributed by atoms with Gasteiger partial charge >= 0.3 is 15.2 Å². The molecule has 0 saturated carbocycles. The van der Waals surface area contributed by atoms with Crippen molar-refractivity contribution in [3.05, 3.63) is 0 Å². The number of thiol groups is 1. The SMILES string of the molecule is CC(C)(C)N.CC(C)(C)P(=O)(O)O.CC(C)(C)S.CN(C)C(C)(C)C.CNC(C)(C)C.COP(=O)(OC)C(C)(C)C. The maximum Gasteiger partial charge on any atom is 0.335 e. The second kappa shape index (κ2) is 21.3. The smallest absolute Gasteiger partial charge is 0.326 e. The molecule has 0 amide bonds. The second-order valence-electron chi connectivity index (χ2n) is 15.9. The summed E-state index contributed by atoms with van der Waals surface area (Å²) in [6.45, 7) is 35.0. The molecule has 0 aromatic rings. The van der Waals surface area contributed by atoms with Gasteiger partial charge in [-0.05, 0) is 125 Å². The van der Waals surface area contributed by atoms with Gasteiger partial charge in [-0.3, -0.25) is 9.13 Å². The highest BCUT2D eigenvalue weighted by molar-refractivity contribution is 7.81. The quantitative estimate of drug-likeness (QED) is 0.148. The van der Waals surface area contributed by atoms with Crippen LogP contribution in [0.1, 0.15) is 125 Å². The summed E-state index contributed by atoms with van der Waals surface area (Å²) in [5.74, 6) is 0. The van der Waals surface area contributed by atoms with E-state index in [1.165, 1.54) is 35.0 Å². The van der Waals surface area contributed by atoms with E-state index in [1.807, 2.05) is 48.6 Å². The lowest BCUT2D eigenvalue weighted by molar-refractivity contribution is 0.219. The van der Waals surface area contributed by atoms with E-state index in [-0.39, 0.29) is 10.3 Å². The Morgan fingerprint density at radius 1 is 0.683 bits per heavy atom. The molecule has 12 heteroatoms. The first kappa shape index (κ1) is 54.0. The van der Waals surface area contributed by atoms with Crippen molar-refractivity contribution in [3.63, 3.8) is 0 Å². The van der Waals surface area contributed by atoms with Gasteiger partial charge in [0.15, 0.2) is 0 Å². The van der Waals surface area contributed by atoms with Crippen molar-refractivity contribution in [3.8, 4) is 0 Å². The van der Waals surface area contributed by atoms with E-state index < -0.39 is 25.5 Å². The van der Waals surface area contributed by atoms with Crippen LogP contribution >= 0.6 is 27.8 Å². The molecule has 0 aromatic heterocycles. The summed E-state index contributed by atoms with van der Waals surface area (Å²) in [5, 5.41) is 1.77. The molecular weight excluding hydrogens is 580 g/mol. The second-order valence-corrected chi connectivity index (χ2v) is 22.7. The highest BCUT2D eigenvalue weighted by Gasteiger charge is 2.37. The number of hydrogen-bond donors (Lipinski definition) is 5. The number of nitrogens with zero attached hydrogens (tertiary/aromatic N) is 1. The largest absolute Gasteiger partial charge is 0.335 e. The third-order valence-electron chi connectivity index (χ3n) is 4.27. The van der Waals surface area contributed by atoms with Gasteiger partial charge in [0, 0.05) is 35.6 Å². The van der Waals surface area contributed by atoms with Gasteiger partial charge in [0.05, 0.1) is 10.3 Å². The van der Waals surface area contributed by atoms with E-state index in [1.54, 1.807) is 0 Å². The van der Waals surface area contributed by atoms with Crippen LogP contribution in [0.5, 0.6) is 0 Å². The monoisotopic (exact) mass is 655 g/mol. The van der Waals surface area contributed by atoms with E-state index in [0.717, 1.165) is 0 Å². The van der Waals surface area contributed by atoms with Crippen molar-refractivity contribution >= 4 is 27.8 Å². The molecule has 0 bridgehead atoms.